The van der Waals surface area contributed by atoms with E-state index in [-0.39, 0.29) is 0 Å². The standard InChI is InChI=1S/C13H14N4S/c1-17-11-5-3-2-4-10(11)16-12(17)8-14-9-13-15-6-7-18-13/h2-7,14H,8-9H2,1H3. The van der Waals surface area contributed by atoms with Crippen molar-refractivity contribution < 1.29 is 0 Å². The van der Waals surface area contributed by atoms with Crippen molar-refractivity contribution in [1.29, 1.82) is 0 Å². The maximum Gasteiger partial charge on any atom is 0.123 e. The highest BCUT2D eigenvalue weighted by atomic mass is 32.1. The van der Waals surface area contributed by atoms with Gasteiger partial charge in [0.2, 0.25) is 0 Å². The molecule has 0 bridgehead atoms. The molecule has 4 nitrogen and oxygen atoms in total. The molecule has 0 amide bonds. The van der Waals surface area contributed by atoms with Gasteiger partial charge in [-0.05, 0) is 12.1 Å². The Balaban J connectivity index is 1.73. The summed E-state index contributed by atoms with van der Waals surface area (Å²) in [6.07, 6.45) is 1.83. The zero-order chi connectivity index (χ0) is 12.4. The van der Waals surface area contributed by atoms with Gasteiger partial charge < -0.3 is 9.88 Å². The average molecular weight is 258 g/mol. The van der Waals surface area contributed by atoms with Crippen LogP contribution in [0.15, 0.2) is 35.8 Å². The highest BCUT2D eigenvalue weighted by molar-refractivity contribution is 7.09. The third-order valence-electron chi connectivity index (χ3n) is 2.92. The van der Waals surface area contributed by atoms with E-state index in [1.54, 1.807) is 11.3 Å². The molecule has 0 radical (unpaired) electrons. The molecule has 5 heteroatoms. The summed E-state index contributed by atoms with van der Waals surface area (Å²) in [6.45, 7) is 1.55. The van der Waals surface area contributed by atoms with Gasteiger partial charge in [0.1, 0.15) is 10.8 Å². The number of aryl methyl sites for hydroxylation is 1. The molecular formula is C13H14N4S. The second kappa shape index (κ2) is 4.88. The van der Waals surface area contributed by atoms with Crippen LogP contribution >= 0.6 is 11.3 Å². The molecule has 3 rings (SSSR count). The van der Waals surface area contributed by atoms with E-state index in [9.17, 15) is 0 Å². The van der Waals surface area contributed by atoms with Crippen molar-refractivity contribution in [1.82, 2.24) is 19.9 Å². The largest absolute Gasteiger partial charge is 0.330 e. The maximum absolute atomic E-state index is 4.61. The van der Waals surface area contributed by atoms with Gasteiger partial charge in [-0.15, -0.1) is 11.3 Å². The van der Waals surface area contributed by atoms with Gasteiger partial charge in [0.25, 0.3) is 0 Å². The van der Waals surface area contributed by atoms with Crippen molar-refractivity contribution in [2.24, 2.45) is 7.05 Å². The minimum Gasteiger partial charge on any atom is -0.330 e. The molecule has 0 spiro atoms. The molecule has 0 aliphatic carbocycles. The third kappa shape index (κ3) is 2.14. The topological polar surface area (TPSA) is 42.7 Å². The lowest BCUT2D eigenvalue weighted by molar-refractivity contribution is 0.641. The Hall–Kier alpha value is -1.72. The Morgan fingerprint density at radius 2 is 2.17 bits per heavy atom. The lowest BCUT2D eigenvalue weighted by atomic mass is 10.3. The smallest absolute Gasteiger partial charge is 0.123 e. The second-order valence-corrected chi connectivity index (χ2v) is 5.08. The number of fused-ring (bicyclic) bond motifs is 1. The molecule has 2 aromatic heterocycles. The van der Waals surface area contributed by atoms with Gasteiger partial charge >= 0.3 is 0 Å². The zero-order valence-electron chi connectivity index (χ0n) is 10.1. The summed E-state index contributed by atoms with van der Waals surface area (Å²) in [5.74, 6) is 1.05. The summed E-state index contributed by atoms with van der Waals surface area (Å²) >= 11 is 1.67. The molecule has 0 fully saturated rings. The number of para-hydroxylation sites is 2. The van der Waals surface area contributed by atoms with Gasteiger partial charge in [0.15, 0.2) is 0 Å². The summed E-state index contributed by atoms with van der Waals surface area (Å²) in [6, 6.07) is 8.19. The number of thiazole rings is 1. The van der Waals surface area contributed by atoms with Crippen LogP contribution in [0.2, 0.25) is 0 Å². The van der Waals surface area contributed by atoms with Gasteiger partial charge in [-0.1, -0.05) is 12.1 Å². The molecule has 0 atom stereocenters. The average Bonchev–Trinajstić information content (AvgIpc) is 3.00. The van der Waals surface area contributed by atoms with Gasteiger partial charge in [-0.25, -0.2) is 9.97 Å². The minimum atomic E-state index is 0.755. The third-order valence-corrected chi connectivity index (χ3v) is 3.70. The van der Waals surface area contributed by atoms with E-state index in [0.717, 1.165) is 29.4 Å². The Kier molecular flexibility index (Phi) is 3.08. The number of imidazole rings is 1. The van der Waals surface area contributed by atoms with E-state index >= 15 is 0 Å². The van der Waals surface area contributed by atoms with Crippen LogP contribution in [0.3, 0.4) is 0 Å². The number of hydrogen-bond donors (Lipinski definition) is 1. The normalized spacial score (nSPS) is 11.2. The number of rotatable bonds is 4. The molecule has 1 N–H and O–H groups in total. The SMILES string of the molecule is Cn1c(CNCc2nccs2)nc2ccccc21. The van der Waals surface area contributed by atoms with Crippen LogP contribution in [-0.4, -0.2) is 14.5 Å². The lowest BCUT2D eigenvalue weighted by Crippen LogP contribution is -2.15. The molecule has 0 saturated carbocycles. The fourth-order valence-electron chi connectivity index (χ4n) is 1.98. The first kappa shape index (κ1) is 11.4. The molecule has 3 aromatic rings. The van der Waals surface area contributed by atoms with Gasteiger partial charge in [0, 0.05) is 25.2 Å². The van der Waals surface area contributed by atoms with Crippen LogP contribution in [0.25, 0.3) is 11.0 Å². The van der Waals surface area contributed by atoms with Crippen LogP contribution in [0.5, 0.6) is 0 Å². The predicted octanol–water partition coefficient (Wildman–Crippen LogP) is 2.32. The first-order valence-electron chi connectivity index (χ1n) is 5.84. The van der Waals surface area contributed by atoms with Crippen molar-refractivity contribution >= 4 is 22.4 Å². The number of hydrogen-bond acceptors (Lipinski definition) is 4. The summed E-state index contributed by atoms with van der Waals surface area (Å²) in [5, 5.41) is 6.47. The van der Waals surface area contributed by atoms with Crippen LogP contribution in [0.1, 0.15) is 10.8 Å². The highest BCUT2D eigenvalue weighted by Crippen LogP contribution is 2.14. The molecule has 0 saturated heterocycles. The molecule has 0 aliphatic heterocycles. The summed E-state index contributed by atoms with van der Waals surface area (Å²) < 4.78 is 2.13. The monoisotopic (exact) mass is 258 g/mol. The van der Waals surface area contributed by atoms with E-state index in [2.05, 4.69) is 33.0 Å². The van der Waals surface area contributed by atoms with Gasteiger partial charge in [-0.3, -0.25) is 0 Å². The molecule has 0 unspecified atom stereocenters. The number of nitrogens with one attached hydrogen (secondary N) is 1. The Bertz CT molecular complexity index is 642. The van der Waals surface area contributed by atoms with E-state index in [4.69, 9.17) is 0 Å². The highest BCUT2D eigenvalue weighted by Gasteiger charge is 2.06. The van der Waals surface area contributed by atoms with Crippen molar-refractivity contribution in [3.05, 3.63) is 46.7 Å². The van der Waals surface area contributed by atoms with Crippen molar-refractivity contribution in [3.63, 3.8) is 0 Å². The Labute approximate surface area is 109 Å². The first-order chi connectivity index (χ1) is 8.84. The van der Waals surface area contributed by atoms with Crippen LogP contribution in [0.4, 0.5) is 0 Å². The van der Waals surface area contributed by atoms with E-state index in [0.29, 0.717) is 0 Å². The van der Waals surface area contributed by atoms with E-state index < -0.39 is 0 Å². The van der Waals surface area contributed by atoms with Gasteiger partial charge in [0.05, 0.1) is 17.6 Å². The fourth-order valence-corrected chi connectivity index (χ4v) is 2.56. The molecule has 2 heterocycles. The zero-order valence-corrected chi connectivity index (χ0v) is 10.9. The van der Waals surface area contributed by atoms with Crippen molar-refractivity contribution in [2.75, 3.05) is 0 Å². The Morgan fingerprint density at radius 1 is 1.28 bits per heavy atom. The van der Waals surface area contributed by atoms with Crippen molar-refractivity contribution in [2.45, 2.75) is 13.1 Å². The lowest BCUT2D eigenvalue weighted by Gasteiger charge is -2.03. The Morgan fingerprint density at radius 3 is 2.94 bits per heavy atom. The molecule has 0 aliphatic rings. The van der Waals surface area contributed by atoms with Gasteiger partial charge in [-0.2, -0.15) is 0 Å². The number of benzene rings is 1. The first-order valence-corrected chi connectivity index (χ1v) is 6.72. The van der Waals surface area contributed by atoms with E-state index in [1.165, 1.54) is 5.52 Å². The fraction of sp³-hybridized carbons (Fsp3) is 0.231. The number of aromatic nitrogens is 3. The summed E-state index contributed by atoms with van der Waals surface area (Å²) in [7, 11) is 2.05. The van der Waals surface area contributed by atoms with Crippen molar-refractivity contribution in [3.8, 4) is 0 Å². The number of nitrogens with zero attached hydrogens (tertiary/aromatic N) is 3. The quantitative estimate of drug-likeness (QED) is 0.781. The van der Waals surface area contributed by atoms with Crippen LogP contribution in [0, 0.1) is 0 Å². The molecule has 18 heavy (non-hydrogen) atoms. The second-order valence-electron chi connectivity index (χ2n) is 4.11. The minimum absolute atomic E-state index is 0.755. The van der Waals surface area contributed by atoms with E-state index in [1.807, 2.05) is 29.8 Å². The molecular weight excluding hydrogens is 244 g/mol. The van der Waals surface area contributed by atoms with Crippen LogP contribution in [-0.2, 0) is 20.1 Å². The summed E-state index contributed by atoms with van der Waals surface area (Å²) in [4.78, 5) is 8.86. The summed E-state index contributed by atoms with van der Waals surface area (Å²) in [5.41, 5.74) is 2.22. The van der Waals surface area contributed by atoms with Crippen LogP contribution < -0.4 is 5.32 Å². The molecule has 92 valence electrons. The predicted molar refractivity (Wildman–Crippen MR) is 73.4 cm³/mol. The maximum atomic E-state index is 4.61. The molecule has 1 aromatic carbocycles.